The number of pyridine rings is 1. The molecule has 0 atom stereocenters. The molecule has 0 saturated carbocycles. The number of benzene rings is 1. The number of hydrogen-bond acceptors (Lipinski definition) is 3. The average molecular weight is 231 g/mol. The number of halogens is 1. The highest BCUT2D eigenvalue weighted by Gasteiger charge is 2.05. The van der Waals surface area contributed by atoms with Gasteiger partial charge in [0, 0.05) is 11.2 Å². The van der Waals surface area contributed by atoms with Crippen LogP contribution in [0.1, 0.15) is 5.56 Å². The first-order valence-corrected chi connectivity index (χ1v) is 4.95. The van der Waals surface area contributed by atoms with Gasteiger partial charge in [0.15, 0.2) is 0 Å². The SMILES string of the molecule is N#Cc1cc(Cl)ccc1Oc1cccnc1. The second kappa shape index (κ2) is 4.65. The first kappa shape index (κ1) is 10.5. The lowest BCUT2D eigenvalue weighted by atomic mass is 10.2. The lowest BCUT2D eigenvalue weighted by Crippen LogP contribution is -1.88. The molecule has 0 N–H and O–H groups in total. The van der Waals surface area contributed by atoms with Gasteiger partial charge in [0.2, 0.25) is 0 Å². The molecule has 0 saturated heterocycles. The maximum absolute atomic E-state index is 8.92. The average Bonchev–Trinajstić information content (AvgIpc) is 2.33. The van der Waals surface area contributed by atoms with Crippen molar-refractivity contribution >= 4 is 11.6 Å². The van der Waals surface area contributed by atoms with E-state index in [1.54, 1.807) is 42.7 Å². The highest BCUT2D eigenvalue weighted by molar-refractivity contribution is 6.30. The Morgan fingerprint density at radius 2 is 2.19 bits per heavy atom. The van der Waals surface area contributed by atoms with Crippen molar-refractivity contribution < 1.29 is 4.74 Å². The minimum atomic E-state index is 0.399. The van der Waals surface area contributed by atoms with E-state index in [9.17, 15) is 0 Å². The highest BCUT2D eigenvalue weighted by Crippen LogP contribution is 2.26. The Kier molecular flexibility index (Phi) is 3.04. The third-order valence-electron chi connectivity index (χ3n) is 1.92. The van der Waals surface area contributed by atoms with Crippen LogP contribution in [-0.2, 0) is 0 Å². The standard InChI is InChI=1S/C12H7ClN2O/c13-10-3-4-12(9(6-10)7-14)16-11-2-1-5-15-8-11/h1-6,8H. The summed E-state index contributed by atoms with van der Waals surface area (Å²) in [4.78, 5) is 3.92. The Bertz CT molecular complexity index is 534. The molecule has 0 bridgehead atoms. The van der Waals surface area contributed by atoms with Crippen molar-refractivity contribution in [2.24, 2.45) is 0 Å². The van der Waals surface area contributed by atoms with Crippen molar-refractivity contribution in [3.8, 4) is 17.6 Å². The molecule has 0 unspecified atom stereocenters. The summed E-state index contributed by atoms with van der Waals surface area (Å²) in [5, 5.41) is 9.43. The summed E-state index contributed by atoms with van der Waals surface area (Å²) >= 11 is 5.78. The van der Waals surface area contributed by atoms with Crippen molar-refractivity contribution in [3.63, 3.8) is 0 Å². The number of aromatic nitrogens is 1. The Morgan fingerprint density at radius 3 is 2.88 bits per heavy atom. The minimum Gasteiger partial charge on any atom is -0.454 e. The first-order chi connectivity index (χ1) is 7.79. The van der Waals surface area contributed by atoms with Crippen LogP contribution in [0.3, 0.4) is 0 Å². The molecule has 0 aliphatic heterocycles. The Hall–Kier alpha value is -2.05. The predicted octanol–water partition coefficient (Wildman–Crippen LogP) is 3.40. The van der Waals surface area contributed by atoms with Gasteiger partial charge in [-0.2, -0.15) is 5.26 Å². The zero-order valence-electron chi connectivity index (χ0n) is 8.22. The zero-order chi connectivity index (χ0) is 11.4. The molecule has 16 heavy (non-hydrogen) atoms. The van der Waals surface area contributed by atoms with Gasteiger partial charge >= 0.3 is 0 Å². The summed E-state index contributed by atoms with van der Waals surface area (Å²) in [6.45, 7) is 0. The fraction of sp³-hybridized carbons (Fsp3) is 0. The number of ether oxygens (including phenoxy) is 1. The van der Waals surface area contributed by atoms with E-state index in [1.807, 2.05) is 6.07 Å². The molecule has 3 nitrogen and oxygen atoms in total. The second-order valence-corrected chi connectivity index (χ2v) is 3.48. The van der Waals surface area contributed by atoms with Gasteiger partial charge in [-0.15, -0.1) is 0 Å². The van der Waals surface area contributed by atoms with Crippen LogP contribution in [0.15, 0.2) is 42.7 Å². The number of nitrogens with zero attached hydrogens (tertiary/aromatic N) is 2. The number of hydrogen-bond donors (Lipinski definition) is 0. The van der Waals surface area contributed by atoms with Crippen LogP contribution in [-0.4, -0.2) is 4.98 Å². The van der Waals surface area contributed by atoms with Crippen LogP contribution >= 0.6 is 11.6 Å². The zero-order valence-corrected chi connectivity index (χ0v) is 8.98. The van der Waals surface area contributed by atoms with E-state index >= 15 is 0 Å². The van der Waals surface area contributed by atoms with Crippen molar-refractivity contribution in [2.75, 3.05) is 0 Å². The summed E-state index contributed by atoms with van der Waals surface area (Å²) in [5.41, 5.74) is 0.399. The highest BCUT2D eigenvalue weighted by atomic mass is 35.5. The Labute approximate surface area is 97.9 Å². The molecule has 0 amide bonds. The summed E-state index contributed by atoms with van der Waals surface area (Å²) in [6, 6.07) is 10.5. The fourth-order valence-electron chi connectivity index (χ4n) is 1.21. The molecule has 2 aromatic rings. The van der Waals surface area contributed by atoms with Gasteiger partial charge in [-0.05, 0) is 30.3 Å². The van der Waals surface area contributed by atoms with Crippen LogP contribution < -0.4 is 4.74 Å². The van der Waals surface area contributed by atoms with Gasteiger partial charge in [-0.3, -0.25) is 4.98 Å². The summed E-state index contributed by atoms with van der Waals surface area (Å²) in [6.07, 6.45) is 3.23. The van der Waals surface area contributed by atoms with Crippen LogP contribution in [0.4, 0.5) is 0 Å². The normalized spacial score (nSPS) is 9.50. The smallest absolute Gasteiger partial charge is 0.145 e. The molecule has 1 aromatic carbocycles. The summed E-state index contributed by atoms with van der Waals surface area (Å²) in [7, 11) is 0. The quantitative estimate of drug-likeness (QED) is 0.794. The van der Waals surface area contributed by atoms with E-state index in [0.29, 0.717) is 22.1 Å². The van der Waals surface area contributed by atoms with Crippen LogP contribution in [0.25, 0.3) is 0 Å². The van der Waals surface area contributed by atoms with E-state index < -0.39 is 0 Å². The maximum Gasteiger partial charge on any atom is 0.145 e. The Morgan fingerprint density at radius 1 is 1.31 bits per heavy atom. The van der Waals surface area contributed by atoms with Crippen molar-refractivity contribution in [1.29, 1.82) is 5.26 Å². The fourth-order valence-corrected chi connectivity index (χ4v) is 1.39. The van der Waals surface area contributed by atoms with Crippen molar-refractivity contribution in [2.45, 2.75) is 0 Å². The summed E-state index contributed by atoms with van der Waals surface area (Å²) < 4.78 is 5.51. The number of nitriles is 1. The topological polar surface area (TPSA) is 45.9 Å². The third-order valence-corrected chi connectivity index (χ3v) is 2.16. The summed E-state index contributed by atoms with van der Waals surface area (Å²) in [5.74, 6) is 1.06. The van der Waals surface area contributed by atoms with Gasteiger partial charge < -0.3 is 4.74 Å². The molecule has 0 fully saturated rings. The van der Waals surface area contributed by atoms with E-state index in [0.717, 1.165) is 0 Å². The van der Waals surface area contributed by atoms with E-state index in [-0.39, 0.29) is 0 Å². The van der Waals surface area contributed by atoms with Crippen molar-refractivity contribution in [3.05, 3.63) is 53.3 Å². The molecule has 2 rings (SSSR count). The molecular formula is C12H7ClN2O. The van der Waals surface area contributed by atoms with E-state index in [2.05, 4.69) is 4.98 Å². The minimum absolute atomic E-state index is 0.399. The van der Waals surface area contributed by atoms with Crippen LogP contribution in [0, 0.1) is 11.3 Å². The lowest BCUT2D eigenvalue weighted by Gasteiger charge is -2.06. The third kappa shape index (κ3) is 2.30. The van der Waals surface area contributed by atoms with Gasteiger partial charge in [0.1, 0.15) is 17.6 Å². The molecule has 0 aliphatic rings. The molecule has 1 heterocycles. The molecular weight excluding hydrogens is 224 g/mol. The predicted molar refractivity (Wildman–Crippen MR) is 60.5 cm³/mol. The molecule has 78 valence electrons. The van der Waals surface area contributed by atoms with Crippen LogP contribution in [0.2, 0.25) is 5.02 Å². The molecule has 0 aliphatic carbocycles. The molecule has 1 aromatic heterocycles. The molecule has 4 heteroatoms. The van der Waals surface area contributed by atoms with Gasteiger partial charge in [0.05, 0.1) is 11.8 Å². The van der Waals surface area contributed by atoms with Crippen LogP contribution in [0.5, 0.6) is 11.5 Å². The number of rotatable bonds is 2. The second-order valence-electron chi connectivity index (χ2n) is 3.04. The monoisotopic (exact) mass is 230 g/mol. The van der Waals surface area contributed by atoms with Gasteiger partial charge in [-0.1, -0.05) is 11.6 Å². The lowest BCUT2D eigenvalue weighted by molar-refractivity contribution is 0.479. The Balaban J connectivity index is 2.32. The molecule has 0 spiro atoms. The van der Waals surface area contributed by atoms with Crippen molar-refractivity contribution in [1.82, 2.24) is 4.98 Å². The maximum atomic E-state index is 8.92. The van der Waals surface area contributed by atoms with Gasteiger partial charge in [-0.25, -0.2) is 0 Å². The van der Waals surface area contributed by atoms with Gasteiger partial charge in [0.25, 0.3) is 0 Å². The van der Waals surface area contributed by atoms with E-state index in [1.165, 1.54) is 0 Å². The van der Waals surface area contributed by atoms with E-state index in [4.69, 9.17) is 21.6 Å². The largest absolute Gasteiger partial charge is 0.454 e. The molecule has 0 radical (unpaired) electrons. The first-order valence-electron chi connectivity index (χ1n) is 4.57.